The van der Waals surface area contributed by atoms with E-state index in [9.17, 15) is 0 Å². The third-order valence-electron chi connectivity index (χ3n) is 2.36. The van der Waals surface area contributed by atoms with E-state index in [0.29, 0.717) is 0 Å². The van der Waals surface area contributed by atoms with E-state index in [2.05, 4.69) is 36.5 Å². The number of aryl methyl sites for hydroxylation is 1. The van der Waals surface area contributed by atoms with Crippen molar-refractivity contribution in [3.8, 4) is 0 Å². The first-order chi connectivity index (χ1) is 7.22. The van der Waals surface area contributed by atoms with Gasteiger partial charge in [0.25, 0.3) is 0 Å². The van der Waals surface area contributed by atoms with E-state index in [0.717, 1.165) is 13.1 Å². The first-order valence-electron chi connectivity index (χ1n) is 5.76. The maximum atomic E-state index is 5.66. The highest BCUT2D eigenvalue weighted by molar-refractivity contribution is 5.22. The van der Waals surface area contributed by atoms with Crippen molar-refractivity contribution < 1.29 is 0 Å². The van der Waals surface area contributed by atoms with Crippen LogP contribution >= 0.6 is 0 Å². The SMILES string of the molecule is CCCc1ccc(CNCC(C)N)cc1. The first-order valence-corrected chi connectivity index (χ1v) is 5.76. The van der Waals surface area contributed by atoms with Crippen molar-refractivity contribution in [2.45, 2.75) is 39.3 Å². The number of nitrogens with two attached hydrogens (primary N) is 1. The van der Waals surface area contributed by atoms with Gasteiger partial charge < -0.3 is 11.1 Å². The van der Waals surface area contributed by atoms with Crippen LogP contribution in [-0.4, -0.2) is 12.6 Å². The zero-order valence-corrected chi connectivity index (χ0v) is 9.79. The fourth-order valence-electron chi connectivity index (χ4n) is 1.56. The Morgan fingerprint density at radius 3 is 2.33 bits per heavy atom. The van der Waals surface area contributed by atoms with Crippen LogP contribution in [0.3, 0.4) is 0 Å². The number of hydrogen-bond donors (Lipinski definition) is 2. The molecular weight excluding hydrogens is 184 g/mol. The lowest BCUT2D eigenvalue weighted by molar-refractivity contribution is 0.608. The van der Waals surface area contributed by atoms with Crippen molar-refractivity contribution in [3.05, 3.63) is 35.4 Å². The molecular formula is C13H22N2. The van der Waals surface area contributed by atoms with Gasteiger partial charge in [0.15, 0.2) is 0 Å². The zero-order valence-electron chi connectivity index (χ0n) is 9.79. The molecule has 1 aromatic rings. The molecule has 2 heteroatoms. The van der Waals surface area contributed by atoms with E-state index >= 15 is 0 Å². The van der Waals surface area contributed by atoms with Gasteiger partial charge in [-0.15, -0.1) is 0 Å². The molecule has 2 nitrogen and oxygen atoms in total. The Morgan fingerprint density at radius 1 is 1.20 bits per heavy atom. The molecule has 1 unspecified atom stereocenters. The third-order valence-corrected chi connectivity index (χ3v) is 2.36. The van der Waals surface area contributed by atoms with Crippen LogP contribution in [0.1, 0.15) is 31.4 Å². The van der Waals surface area contributed by atoms with Crippen LogP contribution in [0.15, 0.2) is 24.3 Å². The summed E-state index contributed by atoms with van der Waals surface area (Å²) in [5.74, 6) is 0. The lowest BCUT2D eigenvalue weighted by atomic mass is 10.1. The summed E-state index contributed by atoms with van der Waals surface area (Å²) in [5.41, 5.74) is 8.41. The lowest BCUT2D eigenvalue weighted by Crippen LogP contribution is -2.30. The van der Waals surface area contributed by atoms with E-state index < -0.39 is 0 Å². The molecule has 15 heavy (non-hydrogen) atoms. The molecule has 0 spiro atoms. The second-order valence-corrected chi connectivity index (χ2v) is 4.17. The molecule has 1 aromatic carbocycles. The smallest absolute Gasteiger partial charge is 0.0206 e. The largest absolute Gasteiger partial charge is 0.327 e. The van der Waals surface area contributed by atoms with E-state index in [1.807, 2.05) is 6.92 Å². The minimum Gasteiger partial charge on any atom is -0.327 e. The Kier molecular flexibility index (Phi) is 5.37. The monoisotopic (exact) mass is 206 g/mol. The minimum absolute atomic E-state index is 0.226. The van der Waals surface area contributed by atoms with Crippen molar-refractivity contribution in [2.24, 2.45) is 5.73 Å². The number of benzene rings is 1. The predicted molar refractivity (Wildman–Crippen MR) is 65.8 cm³/mol. The second-order valence-electron chi connectivity index (χ2n) is 4.17. The molecule has 0 aliphatic heterocycles. The highest BCUT2D eigenvalue weighted by Crippen LogP contribution is 2.06. The van der Waals surface area contributed by atoms with Crippen LogP contribution in [0, 0.1) is 0 Å². The van der Waals surface area contributed by atoms with Gasteiger partial charge in [-0.3, -0.25) is 0 Å². The van der Waals surface area contributed by atoms with E-state index in [4.69, 9.17) is 5.73 Å². The van der Waals surface area contributed by atoms with Crippen molar-refractivity contribution in [3.63, 3.8) is 0 Å². The van der Waals surface area contributed by atoms with Crippen molar-refractivity contribution >= 4 is 0 Å². The summed E-state index contributed by atoms with van der Waals surface area (Å²) in [6, 6.07) is 9.04. The van der Waals surface area contributed by atoms with Gasteiger partial charge in [0.1, 0.15) is 0 Å². The van der Waals surface area contributed by atoms with Gasteiger partial charge in [-0.25, -0.2) is 0 Å². The van der Waals surface area contributed by atoms with Crippen molar-refractivity contribution in [1.82, 2.24) is 5.32 Å². The first kappa shape index (κ1) is 12.2. The molecule has 0 aliphatic carbocycles. The van der Waals surface area contributed by atoms with Gasteiger partial charge in [-0.1, -0.05) is 37.6 Å². The summed E-state index contributed by atoms with van der Waals surface area (Å²) >= 11 is 0. The molecule has 1 rings (SSSR count). The van der Waals surface area contributed by atoms with Gasteiger partial charge in [-0.05, 0) is 24.5 Å². The van der Waals surface area contributed by atoms with E-state index in [1.54, 1.807) is 0 Å². The highest BCUT2D eigenvalue weighted by atomic mass is 14.9. The van der Waals surface area contributed by atoms with Crippen LogP contribution in [0.25, 0.3) is 0 Å². The molecule has 0 aromatic heterocycles. The molecule has 3 N–H and O–H groups in total. The molecule has 0 aliphatic rings. The summed E-state index contributed by atoms with van der Waals surface area (Å²) in [7, 11) is 0. The molecule has 1 atom stereocenters. The molecule has 0 fully saturated rings. The molecule has 0 saturated heterocycles. The lowest BCUT2D eigenvalue weighted by Gasteiger charge is -2.08. The summed E-state index contributed by atoms with van der Waals surface area (Å²) in [5, 5.41) is 3.33. The summed E-state index contributed by atoms with van der Waals surface area (Å²) < 4.78 is 0. The minimum atomic E-state index is 0.226. The molecule has 84 valence electrons. The molecule has 0 radical (unpaired) electrons. The predicted octanol–water partition coefficient (Wildman–Crippen LogP) is 2.08. The summed E-state index contributed by atoms with van der Waals surface area (Å²) in [6.07, 6.45) is 2.38. The second kappa shape index (κ2) is 6.59. The molecule has 0 amide bonds. The average molecular weight is 206 g/mol. The maximum Gasteiger partial charge on any atom is 0.0206 e. The average Bonchev–Trinajstić information content (AvgIpc) is 2.20. The van der Waals surface area contributed by atoms with Crippen LogP contribution in [0.5, 0.6) is 0 Å². The van der Waals surface area contributed by atoms with Crippen LogP contribution in [0.4, 0.5) is 0 Å². The van der Waals surface area contributed by atoms with Crippen LogP contribution in [-0.2, 0) is 13.0 Å². The maximum absolute atomic E-state index is 5.66. The van der Waals surface area contributed by atoms with Crippen molar-refractivity contribution in [1.29, 1.82) is 0 Å². The normalized spacial score (nSPS) is 12.7. The number of nitrogens with one attached hydrogen (secondary N) is 1. The molecule has 0 bridgehead atoms. The molecule has 0 saturated carbocycles. The van der Waals surface area contributed by atoms with E-state index in [-0.39, 0.29) is 6.04 Å². The Balaban J connectivity index is 2.36. The summed E-state index contributed by atoms with van der Waals surface area (Å²) in [4.78, 5) is 0. The van der Waals surface area contributed by atoms with E-state index in [1.165, 1.54) is 24.0 Å². The van der Waals surface area contributed by atoms with Gasteiger partial charge in [0.05, 0.1) is 0 Å². The topological polar surface area (TPSA) is 38.0 Å². The Hall–Kier alpha value is -0.860. The van der Waals surface area contributed by atoms with Gasteiger partial charge in [-0.2, -0.15) is 0 Å². The Labute approximate surface area is 92.9 Å². The quantitative estimate of drug-likeness (QED) is 0.748. The highest BCUT2D eigenvalue weighted by Gasteiger charge is 1.96. The number of rotatable bonds is 6. The third kappa shape index (κ3) is 4.96. The van der Waals surface area contributed by atoms with Gasteiger partial charge in [0.2, 0.25) is 0 Å². The van der Waals surface area contributed by atoms with Crippen LogP contribution < -0.4 is 11.1 Å². The Bertz CT molecular complexity index is 264. The zero-order chi connectivity index (χ0) is 11.1. The van der Waals surface area contributed by atoms with Gasteiger partial charge >= 0.3 is 0 Å². The Morgan fingerprint density at radius 2 is 1.80 bits per heavy atom. The van der Waals surface area contributed by atoms with Gasteiger partial charge in [0, 0.05) is 19.1 Å². The summed E-state index contributed by atoms with van der Waals surface area (Å²) in [6.45, 7) is 6.00. The standard InChI is InChI=1S/C13H22N2/c1-3-4-12-5-7-13(8-6-12)10-15-9-11(2)14/h5-8,11,15H,3-4,9-10,14H2,1-2H3. The van der Waals surface area contributed by atoms with Crippen LogP contribution in [0.2, 0.25) is 0 Å². The fourth-order valence-corrected chi connectivity index (χ4v) is 1.56. The molecule has 0 heterocycles. The fraction of sp³-hybridized carbons (Fsp3) is 0.538. The number of hydrogen-bond acceptors (Lipinski definition) is 2. The van der Waals surface area contributed by atoms with Crippen molar-refractivity contribution in [2.75, 3.05) is 6.54 Å².